The van der Waals surface area contributed by atoms with E-state index in [9.17, 15) is 8.42 Å². The molecule has 0 aliphatic heterocycles. The highest BCUT2D eigenvalue weighted by atomic mass is 32.2. The first kappa shape index (κ1) is 16.0. The fourth-order valence-corrected chi connectivity index (χ4v) is 3.89. The van der Waals surface area contributed by atoms with Crippen molar-refractivity contribution in [2.24, 2.45) is 5.92 Å². The van der Waals surface area contributed by atoms with E-state index in [1.54, 1.807) is 6.92 Å². The van der Waals surface area contributed by atoms with Gasteiger partial charge in [0.15, 0.2) is 0 Å². The summed E-state index contributed by atoms with van der Waals surface area (Å²) in [5.74, 6) is 1.39. The molecule has 18 heavy (non-hydrogen) atoms. The minimum Gasteiger partial charge on any atom is -0.317 e. The normalized spacial score (nSPS) is 20.6. The fourth-order valence-electron chi connectivity index (χ4n) is 3.00. The molecule has 0 aromatic heterocycles. The van der Waals surface area contributed by atoms with Crippen LogP contribution in [-0.4, -0.2) is 33.0 Å². The summed E-state index contributed by atoms with van der Waals surface area (Å²) in [7, 11) is -0.771. The van der Waals surface area contributed by atoms with Crippen molar-refractivity contribution in [1.29, 1.82) is 0 Å². The highest BCUT2D eigenvalue weighted by Gasteiger charge is 2.21. The van der Waals surface area contributed by atoms with Crippen LogP contribution in [0.25, 0.3) is 0 Å². The zero-order valence-corrected chi connectivity index (χ0v) is 12.8. The van der Waals surface area contributed by atoms with Crippen molar-refractivity contribution < 1.29 is 8.42 Å². The van der Waals surface area contributed by atoms with Crippen LogP contribution >= 0.6 is 0 Å². The number of hydrogen-bond acceptors (Lipinski definition) is 3. The molecule has 0 aromatic carbocycles. The molecule has 0 radical (unpaired) electrons. The maximum Gasteiger partial charge on any atom is 0.150 e. The highest BCUT2D eigenvalue weighted by molar-refractivity contribution is 7.91. The summed E-state index contributed by atoms with van der Waals surface area (Å²) in [6, 6.07) is 0.509. The molecule has 1 aliphatic carbocycles. The van der Waals surface area contributed by atoms with Crippen molar-refractivity contribution in [3.8, 4) is 0 Å². The van der Waals surface area contributed by atoms with E-state index < -0.39 is 9.84 Å². The van der Waals surface area contributed by atoms with Crippen LogP contribution in [0, 0.1) is 5.92 Å². The Morgan fingerprint density at radius 3 is 2.28 bits per heavy atom. The average Bonchev–Trinajstić information content (AvgIpc) is 2.63. The summed E-state index contributed by atoms with van der Waals surface area (Å²) in [6.07, 6.45) is 9.86. The second kappa shape index (κ2) is 8.16. The largest absolute Gasteiger partial charge is 0.317 e. The predicted molar refractivity (Wildman–Crippen MR) is 77.6 cm³/mol. The van der Waals surface area contributed by atoms with Crippen molar-refractivity contribution in [2.75, 3.05) is 18.6 Å². The lowest BCUT2D eigenvalue weighted by molar-refractivity contribution is 0.317. The SMILES string of the molecule is CCS(=O)(=O)CCCC(NC)C1CCCCCC1. The number of nitrogens with one attached hydrogen (secondary N) is 1. The quantitative estimate of drug-likeness (QED) is 0.727. The molecular formula is C14H29NO2S. The van der Waals surface area contributed by atoms with Crippen molar-refractivity contribution >= 4 is 9.84 Å². The number of hydrogen-bond donors (Lipinski definition) is 1. The molecule has 1 fully saturated rings. The molecule has 1 rings (SSSR count). The molecule has 1 aliphatic rings. The highest BCUT2D eigenvalue weighted by Crippen LogP contribution is 2.27. The molecule has 0 spiro atoms. The van der Waals surface area contributed by atoms with Crippen molar-refractivity contribution in [3.05, 3.63) is 0 Å². The van der Waals surface area contributed by atoms with Crippen LogP contribution in [0.4, 0.5) is 0 Å². The van der Waals surface area contributed by atoms with E-state index in [-0.39, 0.29) is 5.75 Å². The van der Waals surface area contributed by atoms with Gasteiger partial charge in [-0.25, -0.2) is 8.42 Å². The third-order valence-electron chi connectivity index (χ3n) is 4.25. The molecule has 1 unspecified atom stereocenters. The molecule has 4 heteroatoms. The Morgan fingerprint density at radius 2 is 1.78 bits per heavy atom. The Morgan fingerprint density at radius 1 is 1.17 bits per heavy atom. The topological polar surface area (TPSA) is 46.2 Å². The van der Waals surface area contributed by atoms with Gasteiger partial charge in [-0.05, 0) is 38.6 Å². The zero-order chi connectivity index (χ0) is 13.4. The van der Waals surface area contributed by atoms with Gasteiger partial charge in [-0.3, -0.25) is 0 Å². The Hall–Kier alpha value is -0.0900. The monoisotopic (exact) mass is 275 g/mol. The van der Waals surface area contributed by atoms with Gasteiger partial charge in [0.2, 0.25) is 0 Å². The average molecular weight is 275 g/mol. The molecule has 3 nitrogen and oxygen atoms in total. The first-order chi connectivity index (χ1) is 8.59. The zero-order valence-electron chi connectivity index (χ0n) is 12.0. The van der Waals surface area contributed by atoms with E-state index in [1.165, 1.54) is 38.5 Å². The van der Waals surface area contributed by atoms with Gasteiger partial charge >= 0.3 is 0 Å². The Labute approximate surface area is 113 Å². The van der Waals surface area contributed by atoms with Gasteiger partial charge < -0.3 is 5.32 Å². The van der Waals surface area contributed by atoms with Crippen LogP contribution in [0.2, 0.25) is 0 Å². The van der Waals surface area contributed by atoms with Gasteiger partial charge in [0.05, 0.1) is 5.75 Å². The van der Waals surface area contributed by atoms with Gasteiger partial charge in [0.25, 0.3) is 0 Å². The van der Waals surface area contributed by atoms with Crippen LogP contribution in [0.1, 0.15) is 58.3 Å². The first-order valence-corrected chi connectivity index (χ1v) is 9.29. The lowest BCUT2D eigenvalue weighted by Crippen LogP contribution is -2.34. The fraction of sp³-hybridized carbons (Fsp3) is 1.00. The summed E-state index contributed by atoms with van der Waals surface area (Å²) in [6.45, 7) is 1.73. The van der Waals surface area contributed by atoms with Crippen molar-refractivity contribution in [1.82, 2.24) is 5.32 Å². The standard InChI is InChI=1S/C14H29NO2S/c1-3-18(16,17)12-8-11-14(15-2)13-9-6-4-5-7-10-13/h13-15H,3-12H2,1-2H3. The lowest BCUT2D eigenvalue weighted by Gasteiger charge is -2.25. The minimum atomic E-state index is -2.79. The summed E-state index contributed by atoms with van der Waals surface area (Å²) in [5, 5.41) is 3.41. The minimum absolute atomic E-state index is 0.278. The third-order valence-corrected chi connectivity index (χ3v) is 6.04. The molecule has 0 heterocycles. The van der Waals surface area contributed by atoms with Gasteiger partial charge in [0, 0.05) is 11.8 Å². The van der Waals surface area contributed by atoms with E-state index in [1.807, 2.05) is 7.05 Å². The van der Waals surface area contributed by atoms with Crippen molar-refractivity contribution in [3.63, 3.8) is 0 Å². The summed E-state index contributed by atoms with van der Waals surface area (Å²) in [5.41, 5.74) is 0. The van der Waals surface area contributed by atoms with Crippen LogP contribution in [-0.2, 0) is 9.84 Å². The van der Waals surface area contributed by atoms with E-state index in [4.69, 9.17) is 0 Å². The molecule has 1 atom stereocenters. The summed E-state index contributed by atoms with van der Waals surface area (Å²) < 4.78 is 23.0. The molecule has 108 valence electrons. The van der Waals surface area contributed by atoms with Gasteiger partial charge in [-0.2, -0.15) is 0 Å². The van der Waals surface area contributed by atoms with E-state index in [2.05, 4.69) is 5.32 Å². The van der Waals surface area contributed by atoms with E-state index in [0.717, 1.165) is 18.8 Å². The van der Waals surface area contributed by atoms with Gasteiger partial charge in [-0.15, -0.1) is 0 Å². The predicted octanol–water partition coefficient (Wildman–Crippen LogP) is 2.76. The first-order valence-electron chi connectivity index (χ1n) is 7.46. The Bertz CT molecular complexity index is 306. The molecule has 1 saturated carbocycles. The number of rotatable bonds is 7. The lowest BCUT2D eigenvalue weighted by atomic mass is 9.89. The summed E-state index contributed by atoms with van der Waals surface area (Å²) >= 11 is 0. The molecule has 0 saturated heterocycles. The van der Waals surface area contributed by atoms with E-state index >= 15 is 0 Å². The molecule has 0 aromatic rings. The maximum absolute atomic E-state index is 11.5. The second-order valence-corrected chi connectivity index (χ2v) is 8.00. The molecule has 0 bridgehead atoms. The molecular weight excluding hydrogens is 246 g/mol. The van der Waals surface area contributed by atoms with Gasteiger partial charge in [0.1, 0.15) is 9.84 Å². The Kier molecular flexibility index (Phi) is 7.23. The third kappa shape index (κ3) is 5.70. The van der Waals surface area contributed by atoms with Crippen molar-refractivity contribution in [2.45, 2.75) is 64.3 Å². The van der Waals surface area contributed by atoms with Gasteiger partial charge in [-0.1, -0.05) is 32.6 Å². The van der Waals surface area contributed by atoms with Crippen LogP contribution in [0.5, 0.6) is 0 Å². The molecule has 0 amide bonds. The smallest absolute Gasteiger partial charge is 0.150 e. The second-order valence-electron chi connectivity index (χ2n) is 5.53. The van der Waals surface area contributed by atoms with Crippen LogP contribution < -0.4 is 5.32 Å². The van der Waals surface area contributed by atoms with Crippen LogP contribution in [0.15, 0.2) is 0 Å². The maximum atomic E-state index is 11.5. The number of sulfone groups is 1. The van der Waals surface area contributed by atoms with E-state index in [0.29, 0.717) is 11.8 Å². The van der Waals surface area contributed by atoms with Crippen LogP contribution in [0.3, 0.4) is 0 Å². The summed E-state index contributed by atoms with van der Waals surface area (Å²) in [4.78, 5) is 0. The Balaban J connectivity index is 2.36. The molecule has 1 N–H and O–H groups in total.